The molecule has 0 spiro atoms. The van der Waals surface area contributed by atoms with E-state index in [1.54, 1.807) is 37.7 Å². The van der Waals surface area contributed by atoms with Crippen molar-refractivity contribution in [3.8, 4) is 0 Å². The van der Waals surface area contributed by atoms with Crippen LogP contribution in [0.15, 0.2) is 0 Å². The number of fused-ring (bicyclic) bond motifs is 2. The summed E-state index contributed by atoms with van der Waals surface area (Å²) in [5.41, 5.74) is 0. The number of nitrogens with zero attached hydrogens (tertiary/aromatic N) is 2. The van der Waals surface area contributed by atoms with Crippen molar-refractivity contribution >= 4 is 23.6 Å². The van der Waals surface area contributed by atoms with Gasteiger partial charge in [0.25, 0.3) is 11.8 Å². The predicted octanol–water partition coefficient (Wildman–Crippen LogP) is 0.0960. The van der Waals surface area contributed by atoms with Crippen LogP contribution >= 0.6 is 11.8 Å². The first kappa shape index (κ1) is 8.87. The number of hydrogen-bond donors (Lipinski definition) is 0. The third-order valence-electron chi connectivity index (χ3n) is 3.08. The number of thioether (sulfide) groups is 1. The number of likely N-dealkylation sites (N-methyl/N-ethyl adjacent to an activating group) is 2. The van der Waals surface area contributed by atoms with Crippen LogP contribution in [0.4, 0.5) is 0 Å². The van der Waals surface area contributed by atoms with Gasteiger partial charge in [-0.25, -0.2) is 0 Å². The average molecular weight is 200 g/mol. The maximum absolute atomic E-state index is 11.8. The van der Waals surface area contributed by atoms with Crippen LogP contribution < -0.4 is 0 Å². The first-order chi connectivity index (χ1) is 5.84. The van der Waals surface area contributed by atoms with Crippen LogP contribution in [0.2, 0.25) is 0 Å². The van der Waals surface area contributed by atoms with Crippen molar-refractivity contribution in [2.75, 3.05) is 14.1 Å². The molecule has 2 amide bonds. The van der Waals surface area contributed by atoms with Crippen molar-refractivity contribution in [3.63, 3.8) is 0 Å². The Balaban J connectivity index is 2.56. The van der Waals surface area contributed by atoms with Crippen molar-refractivity contribution in [1.29, 1.82) is 0 Å². The van der Waals surface area contributed by atoms with Gasteiger partial charge in [-0.1, -0.05) is 11.8 Å². The first-order valence-corrected chi connectivity index (χ1v) is 4.92. The third-order valence-corrected chi connectivity index (χ3v) is 4.77. The zero-order chi connectivity index (χ0) is 10.0. The highest BCUT2D eigenvalue weighted by atomic mass is 32.2. The van der Waals surface area contributed by atoms with E-state index >= 15 is 0 Å². The van der Waals surface area contributed by atoms with Gasteiger partial charge in [0, 0.05) is 14.1 Å². The zero-order valence-electron chi connectivity index (χ0n) is 8.12. The van der Waals surface area contributed by atoms with E-state index in [1.807, 2.05) is 0 Å². The van der Waals surface area contributed by atoms with Crippen molar-refractivity contribution < 1.29 is 9.59 Å². The minimum Gasteiger partial charge on any atom is -0.320 e. The van der Waals surface area contributed by atoms with Gasteiger partial charge in [-0.15, -0.1) is 0 Å². The molecule has 0 aliphatic carbocycles. The van der Waals surface area contributed by atoms with Gasteiger partial charge in [0.05, 0.1) is 0 Å². The second kappa shape index (κ2) is 2.03. The van der Waals surface area contributed by atoms with Crippen LogP contribution in [0.5, 0.6) is 0 Å². The van der Waals surface area contributed by atoms with Crippen LogP contribution in [0.25, 0.3) is 0 Å². The molecule has 0 radical (unpaired) electrons. The number of piperazine rings is 1. The van der Waals surface area contributed by atoms with Gasteiger partial charge in [-0.2, -0.15) is 0 Å². The predicted molar refractivity (Wildman–Crippen MR) is 49.9 cm³/mol. The SMILES string of the molecule is CN1C(=O)[C@@]2(C)S[C@]1(C)C(=O)N2C. The highest BCUT2D eigenvalue weighted by Crippen LogP contribution is 2.55. The number of amides is 2. The molecule has 0 aromatic carbocycles. The number of carbonyl (C=O) groups is 2. The van der Waals surface area contributed by atoms with Crippen LogP contribution in [-0.4, -0.2) is 45.5 Å². The maximum Gasteiger partial charge on any atom is 0.260 e. The monoisotopic (exact) mass is 200 g/mol. The molecule has 2 saturated heterocycles. The van der Waals surface area contributed by atoms with Gasteiger partial charge in [0.2, 0.25) is 0 Å². The van der Waals surface area contributed by atoms with Gasteiger partial charge in [0.1, 0.15) is 0 Å². The van der Waals surface area contributed by atoms with E-state index in [4.69, 9.17) is 0 Å². The highest BCUT2D eigenvalue weighted by molar-refractivity contribution is 8.04. The summed E-state index contributed by atoms with van der Waals surface area (Å²) in [7, 11) is 3.37. The van der Waals surface area contributed by atoms with Crippen molar-refractivity contribution in [1.82, 2.24) is 9.80 Å². The van der Waals surface area contributed by atoms with E-state index in [0.29, 0.717) is 0 Å². The van der Waals surface area contributed by atoms with E-state index in [0.717, 1.165) is 0 Å². The van der Waals surface area contributed by atoms with E-state index in [1.165, 1.54) is 11.8 Å². The molecule has 2 fully saturated rings. The van der Waals surface area contributed by atoms with E-state index < -0.39 is 9.74 Å². The summed E-state index contributed by atoms with van der Waals surface area (Å²) < 4.78 is 0. The number of rotatable bonds is 0. The van der Waals surface area contributed by atoms with Crippen molar-refractivity contribution in [3.05, 3.63) is 0 Å². The molecule has 13 heavy (non-hydrogen) atoms. The van der Waals surface area contributed by atoms with E-state index in [9.17, 15) is 9.59 Å². The van der Waals surface area contributed by atoms with Gasteiger partial charge < -0.3 is 9.80 Å². The molecule has 2 atom stereocenters. The quantitative estimate of drug-likeness (QED) is 0.556. The number of hydrogen-bond acceptors (Lipinski definition) is 3. The Morgan fingerprint density at radius 1 is 1.00 bits per heavy atom. The Labute approximate surface area is 81.2 Å². The molecule has 0 saturated carbocycles. The first-order valence-electron chi connectivity index (χ1n) is 4.11. The Hall–Kier alpha value is -0.710. The lowest BCUT2D eigenvalue weighted by atomic mass is 10.1. The molecule has 0 aromatic rings. The molecule has 0 N–H and O–H groups in total. The Kier molecular flexibility index (Phi) is 1.38. The topological polar surface area (TPSA) is 40.6 Å². The van der Waals surface area contributed by atoms with Gasteiger partial charge >= 0.3 is 0 Å². The molecule has 0 aromatic heterocycles. The molecule has 4 nitrogen and oxygen atoms in total. The summed E-state index contributed by atoms with van der Waals surface area (Å²) in [6.45, 7) is 3.60. The summed E-state index contributed by atoms with van der Waals surface area (Å²) in [5, 5.41) is 0. The molecule has 72 valence electrons. The smallest absolute Gasteiger partial charge is 0.260 e. The fraction of sp³-hybridized carbons (Fsp3) is 0.750. The van der Waals surface area contributed by atoms with E-state index in [-0.39, 0.29) is 11.8 Å². The standard InChI is InChI=1S/C8H12N2O2S/c1-7-5(11)10(4)8(2,13-7)6(12)9(7)3/h1-4H3/t7-,8-/m1/s1. The minimum absolute atomic E-state index is 0.0158. The zero-order valence-corrected chi connectivity index (χ0v) is 8.94. The summed E-state index contributed by atoms with van der Waals surface area (Å²) in [6, 6.07) is 0. The molecule has 2 aliphatic rings. The van der Waals surface area contributed by atoms with Gasteiger partial charge in [-0.05, 0) is 13.8 Å². The molecule has 2 bridgehead atoms. The van der Waals surface area contributed by atoms with Crippen LogP contribution in [0, 0.1) is 0 Å². The molecular formula is C8H12N2O2S. The molecule has 2 rings (SSSR count). The van der Waals surface area contributed by atoms with Crippen LogP contribution in [0.3, 0.4) is 0 Å². The summed E-state index contributed by atoms with van der Waals surface area (Å²) in [4.78, 5) is 25.2. The van der Waals surface area contributed by atoms with Crippen LogP contribution in [0.1, 0.15) is 13.8 Å². The minimum atomic E-state index is -0.680. The molecule has 5 heteroatoms. The van der Waals surface area contributed by atoms with Gasteiger partial charge in [0.15, 0.2) is 9.74 Å². The fourth-order valence-electron chi connectivity index (χ4n) is 1.91. The second-order valence-corrected chi connectivity index (χ2v) is 5.59. The fourth-order valence-corrected chi connectivity index (χ4v) is 3.57. The lowest BCUT2D eigenvalue weighted by Crippen LogP contribution is -2.60. The lowest BCUT2D eigenvalue weighted by Gasteiger charge is -2.36. The largest absolute Gasteiger partial charge is 0.320 e. The molecule has 2 heterocycles. The average Bonchev–Trinajstić information content (AvgIpc) is 2.36. The van der Waals surface area contributed by atoms with Crippen LogP contribution in [-0.2, 0) is 9.59 Å². The Morgan fingerprint density at radius 2 is 1.31 bits per heavy atom. The van der Waals surface area contributed by atoms with Crippen molar-refractivity contribution in [2.45, 2.75) is 23.6 Å². The molecule has 0 unspecified atom stereocenters. The Morgan fingerprint density at radius 3 is 1.54 bits per heavy atom. The highest BCUT2D eigenvalue weighted by Gasteiger charge is 2.68. The Bertz CT molecular complexity index is 289. The third kappa shape index (κ3) is 0.701. The van der Waals surface area contributed by atoms with Gasteiger partial charge in [-0.3, -0.25) is 9.59 Å². The second-order valence-electron chi connectivity index (χ2n) is 3.80. The van der Waals surface area contributed by atoms with E-state index in [2.05, 4.69) is 0 Å². The summed E-state index contributed by atoms with van der Waals surface area (Å²) in [5.74, 6) is 0.0317. The summed E-state index contributed by atoms with van der Waals surface area (Å²) in [6.07, 6.45) is 0. The lowest BCUT2D eigenvalue weighted by molar-refractivity contribution is -0.156. The number of carbonyl (C=O) groups excluding carboxylic acids is 2. The summed E-state index contributed by atoms with van der Waals surface area (Å²) >= 11 is 1.42. The maximum atomic E-state index is 11.8. The van der Waals surface area contributed by atoms with Crippen molar-refractivity contribution in [2.24, 2.45) is 0 Å². The molecule has 2 aliphatic heterocycles. The molecular weight excluding hydrogens is 188 g/mol. The normalized spacial score (nSPS) is 43.7.